The number of aliphatic hydroxyl groups excluding tert-OH is 1. The molecule has 0 saturated heterocycles. The first-order valence-corrected chi connectivity index (χ1v) is 11.8. The van der Waals surface area contributed by atoms with Crippen LogP contribution in [0, 0.1) is 18.8 Å². The van der Waals surface area contributed by atoms with Gasteiger partial charge in [-0.05, 0) is 74.3 Å². The summed E-state index contributed by atoms with van der Waals surface area (Å²) in [6.07, 6.45) is 4.23. The third-order valence-electron chi connectivity index (χ3n) is 6.29. The molecule has 1 aromatic heterocycles. The molecule has 0 atom stereocenters. The van der Waals surface area contributed by atoms with Gasteiger partial charge in [-0.1, -0.05) is 22.8 Å². The van der Waals surface area contributed by atoms with E-state index in [4.69, 9.17) is 0 Å². The Morgan fingerprint density at radius 2 is 2.03 bits per heavy atom. The van der Waals surface area contributed by atoms with Crippen molar-refractivity contribution < 1.29 is 28.8 Å². The average Bonchev–Trinajstić information content (AvgIpc) is 3.31. The van der Waals surface area contributed by atoms with Crippen LogP contribution >= 0.6 is 0 Å². The van der Waals surface area contributed by atoms with Crippen LogP contribution in [0.4, 0.5) is 8.78 Å². The second-order valence-corrected chi connectivity index (χ2v) is 9.00. The molecule has 0 spiro atoms. The summed E-state index contributed by atoms with van der Waals surface area (Å²) in [5.74, 6) is 1.32. The van der Waals surface area contributed by atoms with E-state index in [-0.39, 0.29) is 30.5 Å². The van der Waals surface area contributed by atoms with E-state index < -0.39 is 6.61 Å². The zero-order valence-electron chi connectivity index (χ0n) is 19.6. The fourth-order valence-electron chi connectivity index (χ4n) is 4.44. The van der Waals surface area contributed by atoms with Crippen LogP contribution in [0.15, 0.2) is 41.5 Å². The first kappa shape index (κ1) is 25.0. The van der Waals surface area contributed by atoms with Crippen LogP contribution in [0.5, 0.6) is 5.75 Å². The molecule has 5 N–H and O–H groups in total. The summed E-state index contributed by atoms with van der Waals surface area (Å²) in [7, 11) is 0. The Bertz CT molecular complexity index is 1060. The van der Waals surface area contributed by atoms with Gasteiger partial charge in [0.25, 0.3) is 11.7 Å². The summed E-state index contributed by atoms with van der Waals surface area (Å²) in [6.45, 7) is 0.0966. The predicted octanol–water partition coefficient (Wildman–Crippen LogP) is 1.68. The molecule has 4 rings (SSSR count). The molecule has 188 valence electrons. The van der Waals surface area contributed by atoms with Crippen LogP contribution in [0.1, 0.15) is 53.0 Å². The zero-order valence-corrected chi connectivity index (χ0v) is 19.6. The molecule has 1 amide bonds. The molecule has 35 heavy (non-hydrogen) atoms. The van der Waals surface area contributed by atoms with Gasteiger partial charge in [0.05, 0.1) is 12.1 Å². The highest BCUT2D eigenvalue weighted by Crippen LogP contribution is 2.28. The maximum atomic E-state index is 12.8. The Morgan fingerprint density at radius 1 is 1.26 bits per heavy atom. The molecule has 2 aromatic rings. The second-order valence-electron chi connectivity index (χ2n) is 9.00. The number of amides is 1. The van der Waals surface area contributed by atoms with E-state index in [1.54, 1.807) is 18.2 Å². The van der Waals surface area contributed by atoms with E-state index in [9.17, 15) is 18.7 Å². The van der Waals surface area contributed by atoms with Crippen molar-refractivity contribution in [3.05, 3.63) is 58.9 Å². The van der Waals surface area contributed by atoms with Crippen molar-refractivity contribution in [2.45, 2.75) is 45.8 Å². The number of pyridine rings is 1. The molecule has 11 heteroatoms. The number of nitrogens with zero attached hydrogens (tertiary/aromatic N) is 3. The molecule has 0 bridgehead atoms. The lowest BCUT2D eigenvalue weighted by Crippen LogP contribution is -2.95. The SMILES string of the molecule is Cc1cc(C2=NN(CC3CCC(CO)CC3)N[NH2+]2)cc(C(=O)NCc2cccc(OC(F)F)c2)n1. The largest absolute Gasteiger partial charge is 0.435 e. The number of ether oxygens (including phenoxy) is 1. The van der Waals surface area contributed by atoms with Crippen LogP contribution in [0.3, 0.4) is 0 Å². The second kappa shape index (κ2) is 11.5. The van der Waals surface area contributed by atoms with Crippen molar-refractivity contribution in [2.24, 2.45) is 16.9 Å². The number of halogens is 2. The maximum Gasteiger partial charge on any atom is 0.387 e. The van der Waals surface area contributed by atoms with Crippen molar-refractivity contribution in [3.8, 4) is 5.75 Å². The number of alkyl halides is 2. The summed E-state index contributed by atoms with van der Waals surface area (Å²) >= 11 is 0. The number of quaternary nitrogens is 1. The number of nitrogens with two attached hydrogens (primary N) is 1. The first-order valence-electron chi connectivity index (χ1n) is 11.8. The number of carbonyl (C=O) groups is 1. The number of hydrazone groups is 1. The van der Waals surface area contributed by atoms with Crippen molar-refractivity contribution in [1.29, 1.82) is 0 Å². The Hall–Kier alpha value is -3.15. The zero-order chi connectivity index (χ0) is 24.8. The Morgan fingerprint density at radius 3 is 2.77 bits per heavy atom. The summed E-state index contributed by atoms with van der Waals surface area (Å²) in [5.41, 5.74) is 7.32. The van der Waals surface area contributed by atoms with Crippen LogP contribution in [0.2, 0.25) is 0 Å². The molecule has 0 unspecified atom stereocenters. The highest BCUT2D eigenvalue weighted by Gasteiger charge is 2.27. The summed E-state index contributed by atoms with van der Waals surface area (Å²) in [6, 6.07) is 9.75. The third-order valence-corrected chi connectivity index (χ3v) is 6.29. The minimum absolute atomic E-state index is 0.0380. The standard InChI is InChI=1S/C24H30F2N6O3/c1-15-9-19(22-29-31-32(30-22)13-16-5-7-17(14-33)8-6-16)11-21(28-15)23(34)27-12-18-3-2-4-20(10-18)35-24(25)26/h2-4,9-11,16-17,24,31,33H,5-8,12-14H2,1H3,(H,27,34)(H,29,30)/p+1. The van der Waals surface area contributed by atoms with E-state index in [0.29, 0.717) is 28.9 Å². The average molecular weight is 490 g/mol. The van der Waals surface area contributed by atoms with Crippen molar-refractivity contribution >= 4 is 11.7 Å². The lowest BCUT2D eigenvalue weighted by molar-refractivity contribution is -0.619. The fraction of sp³-hybridized carbons (Fsp3) is 0.458. The van der Waals surface area contributed by atoms with Gasteiger partial charge in [-0.15, -0.1) is 0 Å². The van der Waals surface area contributed by atoms with Crippen LogP contribution < -0.4 is 21.0 Å². The predicted molar refractivity (Wildman–Crippen MR) is 124 cm³/mol. The van der Waals surface area contributed by atoms with Crippen LogP contribution in [-0.2, 0) is 6.54 Å². The number of amidine groups is 1. The van der Waals surface area contributed by atoms with Gasteiger partial charge in [-0.2, -0.15) is 19.3 Å². The number of hydrazine groups is 1. The number of nitrogens with one attached hydrogen (secondary N) is 2. The van der Waals surface area contributed by atoms with E-state index in [0.717, 1.165) is 37.8 Å². The van der Waals surface area contributed by atoms with E-state index in [1.807, 2.05) is 23.5 Å². The summed E-state index contributed by atoms with van der Waals surface area (Å²) in [5, 5.41) is 18.6. The summed E-state index contributed by atoms with van der Waals surface area (Å²) < 4.78 is 29.3. The highest BCUT2D eigenvalue weighted by molar-refractivity contribution is 5.97. The minimum Gasteiger partial charge on any atom is -0.435 e. The number of rotatable bonds is 9. The van der Waals surface area contributed by atoms with Crippen LogP contribution in [0.25, 0.3) is 0 Å². The normalized spacial score (nSPS) is 20.1. The quantitative estimate of drug-likeness (QED) is 0.399. The number of hydrogen-bond donors (Lipinski definition) is 4. The molecule has 9 nitrogen and oxygen atoms in total. The Kier molecular flexibility index (Phi) is 8.21. The number of aromatic nitrogens is 1. The number of hydrogen-bond acceptors (Lipinski definition) is 7. The van der Waals surface area contributed by atoms with Gasteiger partial charge in [0, 0.05) is 18.8 Å². The lowest BCUT2D eigenvalue weighted by Gasteiger charge is -2.28. The topological polar surface area (TPSA) is 116 Å². The van der Waals surface area contributed by atoms with E-state index in [1.165, 1.54) is 12.1 Å². The van der Waals surface area contributed by atoms with Gasteiger partial charge in [0.2, 0.25) is 0 Å². The van der Waals surface area contributed by atoms with Crippen LogP contribution in [-0.4, -0.2) is 46.7 Å². The first-order chi connectivity index (χ1) is 16.9. The number of benzene rings is 1. The smallest absolute Gasteiger partial charge is 0.387 e. The van der Waals surface area contributed by atoms with Gasteiger partial charge in [-0.25, -0.2) is 4.98 Å². The minimum atomic E-state index is -2.91. The van der Waals surface area contributed by atoms with E-state index in [2.05, 4.69) is 25.7 Å². The Balaban J connectivity index is 1.37. The number of aliphatic hydroxyl groups is 1. The van der Waals surface area contributed by atoms with Gasteiger partial charge in [0.15, 0.2) is 0 Å². The maximum absolute atomic E-state index is 12.8. The molecule has 1 fully saturated rings. The molecular weight excluding hydrogens is 458 g/mol. The molecule has 1 aromatic carbocycles. The molecule has 2 heterocycles. The summed E-state index contributed by atoms with van der Waals surface area (Å²) in [4.78, 5) is 17.1. The van der Waals surface area contributed by atoms with Gasteiger partial charge < -0.3 is 15.2 Å². The van der Waals surface area contributed by atoms with Crippen molar-refractivity contribution in [2.75, 3.05) is 13.2 Å². The van der Waals surface area contributed by atoms with E-state index >= 15 is 0 Å². The van der Waals surface area contributed by atoms with Crippen molar-refractivity contribution in [1.82, 2.24) is 21.0 Å². The third kappa shape index (κ3) is 6.93. The highest BCUT2D eigenvalue weighted by atomic mass is 19.3. The molecular formula is C24H31F2N6O3+. The molecule has 1 aliphatic heterocycles. The monoisotopic (exact) mass is 489 g/mol. The van der Waals surface area contributed by atoms with Gasteiger partial charge >= 0.3 is 6.61 Å². The molecule has 2 aliphatic rings. The number of aryl methyl sites for hydroxylation is 1. The molecule has 0 radical (unpaired) electrons. The lowest BCUT2D eigenvalue weighted by atomic mass is 9.82. The van der Waals surface area contributed by atoms with Gasteiger partial charge in [-0.3, -0.25) is 4.79 Å². The molecule has 1 aliphatic carbocycles. The fourth-order valence-corrected chi connectivity index (χ4v) is 4.44. The number of carbonyl (C=O) groups excluding carboxylic acids is 1. The van der Waals surface area contributed by atoms with Gasteiger partial charge in [0.1, 0.15) is 11.4 Å². The van der Waals surface area contributed by atoms with Crippen molar-refractivity contribution in [3.63, 3.8) is 0 Å². The Labute approximate surface area is 202 Å². The molecule has 1 saturated carbocycles.